The van der Waals surface area contributed by atoms with Crippen molar-refractivity contribution in [1.82, 2.24) is 9.88 Å². The van der Waals surface area contributed by atoms with Crippen LogP contribution in [0.1, 0.15) is 50.8 Å². The molecule has 2 heteroatoms. The van der Waals surface area contributed by atoms with Crippen LogP contribution in [0.4, 0.5) is 0 Å². The van der Waals surface area contributed by atoms with E-state index in [1.165, 1.54) is 44.3 Å². The van der Waals surface area contributed by atoms with Gasteiger partial charge in [-0.3, -0.25) is 9.88 Å². The molecule has 0 aromatic carbocycles. The maximum absolute atomic E-state index is 4.36. The van der Waals surface area contributed by atoms with Crippen molar-refractivity contribution in [3.05, 3.63) is 35.2 Å². The molecule has 0 amide bonds. The highest BCUT2D eigenvalue weighted by atomic mass is 15.2. The van der Waals surface area contributed by atoms with E-state index in [1.807, 2.05) is 13.1 Å². The molecule has 0 N–H and O–H groups in total. The standard InChI is InChI=1S/C17H26N2/c1-4-17(5-2)19-10-8-15(9-11-19)12-16-7-6-14(3)18-13-16/h6-7,12-13,17H,4-5,8-11H2,1-3H3. The van der Waals surface area contributed by atoms with E-state index in [2.05, 4.69) is 41.9 Å². The predicted molar refractivity (Wildman–Crippen MR) is 82.1 cm³/mol. The molecule has 0 atom stereocenters. The SMILES string of the molecule is CCC(CC)N1CCC(=Cc2ccc(C)nc2)CC1. The van der Waals surface area contributed by atoms with Gasteiger partial charge in [-0.15, -0.1) is 0 Å². The van der Waals surface area contributed by atoms with E-state index in [0.29, 0.717) is 0 Å². The van der Waals surface area contributed by atoms with Crippen LogP contribution >= 0.6 is 0 Å². The Morgan fingerprint density at radius 3 is 2.42 bits per heavy atom. The smallest absolute Gasteiger partial charge is 0.0373 e. The molecule has 1 aliphatic heterocycles. The number of likely N-dealkylation sites (tertiary alicyclic amines) is 1. The van der Waals surface area contributed by atoms with Gasteiger partial charge in [0.15, 0.2) is 0 Å². The van der Waals surface area contributed by atoms with Gasteiger partial charge in [0.25, 0.3) is 0 Å². The summed E-state index contributed by atoms with van der Waals surface area (Å²) < 4.78 is 0. The van der Waals surface area contributed by atoms with Crippen LogP contribution in [0.15, 0.2) is 23.9 Å². The molecule has 0 bridgehead atoms. The minimum atomic E-state index is 0.780. The first-order valence-electron chi connectivity index (χ1n) is 7.59. The monoisotopic (exact) mass is 258 g/mol. The predicted octanol–water partition coefficient (Wildman–Crippen LogP) is 4.06. The van der Waals surface area contributed by atoms with Crippen LogP contribution in [-0.4, -0.2) is 29.0 Å². The van der Waals surface area contributed by atoms with Gasteiger partial charge in [-0.2, -0.15) is 0 Å². The fourth-order valence-electron chi connectivity index (χ4n) is 2.93. The average Bonchev–Trinajstić information content (AvgIpc) is 2.44. The van der Waals surface area contributed by atoms with Crippen molar-refractivity contribution >= 4 is 6.08 Å². The zero-order valence-electron chi connectivity index (χ0n) is 12.5. The minimum Gasteiger partial charge on any atom is -0.300 e. The first-order valence-corrected chi connectivity index (χ1v) is 7.59. The highest BCUT2D eigenvalue weighted by Crippen LogP contribution is 2.22. The lowest BCUT2D eigenvalue weighted by Crippen LogP contribution is -2.39. The molecular weight excluding hydrogens is 232 g/mol. The van der Waals surface area contributed by atoms with Gasteiger partial charge in [-0.1, -0.05) is 31.6 Å². The van der Waals surface area contributed by atoms with Crippen molar-refractivity contribution < 1.29 is 0 Å². The summed E-state index contributed by atoms with van der Waals surface area (Å²) in [4.78, 5) is 7.02. The lowest BCUT2D eigenvalue weighted by Gasteiger charge is -2.34. The van der Waals surface area contributed by atoms with Gasteiger partial charge in [-0.25, -0.2) is 0 Å². The number of nitrogens with zero attached hydrogens (tertiary/aromatic N) is 2. The van der Waals surface area contributed by atoms with Crippen LogP contribution in [0.5, 0.6) is 0 Å². The van der Waals surface area contributed by atoms with Crippen LogP contribution in [0, 0.1) is 6.92 Å². The molecule has 19 heavy (non-hydrogen) atoms. The second-order valence-corrected chi connectivity index (χ2v) is 5.54. The molecule has 0 radical (unpaired) electrons. The molecule has 104 valence electrons. The van der Waals surface area contributed by atoms with Crippen molar-refractivity contribution in [2.75, 3.05) is 13.1 Å². The van der Waals surface area contributed by atoms with Crippen LogP contribution in [0.3, 0.4) is 0 Å². The minimum absolute atomic E-state index is 0.780. The summed E-state index contributed by atoms with van der Waals surface area (Å²) >= 11 is 0. The second kappa shape index (κ2) is 6.85. The van der Waals surface area contributed by atoms with Gasteiger partial charge >= 0.3 is 0 Å². The summed E-state index contributed by atoms with van der Waals surface area (Å²) in [7, 11) is 0. The molecule has 1 saturated heterocycles. The molecule has 1 aromatic rings. The first kappa shape index (κ1) is 14.3. The molecule has 1 fully saturated rings. The maximum atomic E-state index is 4.36. The third kappa shape index (κ3) is 3.90. The molecule has 2 heterocycles. The summed E-state index contributed by atoms with van der Waals surface area (Å²) in [5.41, 5.74) is 3.91. The highest BCUT2D eigenvalue weighted by molar-refractivity contribution is 5.52. The van der Waals surface area contributed by atoms with E-state index in [9.17, 15) is 0 Å². The number of rotatable bonds is 4. The van der Waals surface area contributed by atoms with Gasteiger partial charge in [0, 0.05) is 31.0 Å². The number of hydrogen-bond acceptors (Lipinski definition) is 2. The quantitative estimate of drug-likeness (QED) is 0.809. The van der Waals surface area contributed by atoms with Crippen LogP contribution in [0.2, 0.25) is 0 Å². The Morgan fingerprint density at radius 2 is 1.89 bits per heavy atom. The molecule has 0 aliphatic carbocycles. The Balaban J connectivity index is 1.94. The fraction of sp³-hybridized carbons (Fsp3) is 0.588. The topological polar surface area (TPSA) is 16.1 Å². The van der Waals surface area contributed by atoms with Crippen molar-refractivity contribution in [2.24, 2.45) is 0 Å². The molecule has 0 saturated carbocycles. The Morgan fingerprint density at radius 1 is 1.21 bits per heavy atom. The highest BCUT2D eigenvalue weighted by Gasteiger charge is 2.19. The van der Waals surface area contributed by atoms with Gasteiger partial charge in [0.1, 0.15) is 0 Å². The summed E-state index contributed by atoms with van der Waals surface area (Å²) in [5.74, 6) is 0. The number of aromatic nitrogens is 1. The molecule has 2 nitrogen and oxygen atoms in total. The van der Waals surface area contributed by atoms with Gasteiger partial charge in [0.2, 0.25) is 0 Å². The van der Waals surface area contributed by atoms with E-state index >= 15 is 0 Å². The molecule has 0 spiro atoms. The van der Waals surface area contributed by atoms with Crippen LogP contribution in [-0.2, 0) is 0 Å². The first-order chi connectivity index (χ1) is 9.22. The third-order valence-corrected chi connectivity index (χ3v) is 4.20. The number of piperidine rings is 1. The summed E-state index contributed by atoms with van der Waals surface area (Å²) in [6.45, 7) is 9.08. The Hall–Kier alpha value is -1.15. The van der Waals surface area contributed by atoms with Crippen molar-refractivity contribution in [2.45, 2.75) is 52.5 Å². The lowest BCUT2D eigenvalue weighted by atomic mass is 9.99. The number of hydrogen-bond donors (Lipinski definition) is 0. The number of pyridine rings is 1. The summed E-state index contributed by atoms with van der Waals surface area (Å²) in [5, 5.41) is 0. The summed E-state index contributed by atoms with van der Waals surface area (Å²) in [6, 6.07) is 5.04. The molecular formula is C17H26N2. The van der Waals surface area contributed by atoms with E-state index in [4.69, 9.17) is 0 Å². The summed E-state index contributed by atoms with van der Waals surface area (Å²) in [6.07, 6.45) is 9.29. The van der Waals surface area contributed by atoms with E-state index < -0.39 is 0 Å². The van der Waals surface area contributed by atoms with Crippen LogP contribution in [0.25, 0.3) is 6.08 Å². The molecule has 0 unspecified atom stereocenters. The lowest BCUT2D eigenvalue weighted by molar-refractivity contribution is 0.174. The Labute approximate surface area is 117 Å². The largest absolute Gasteiger partial charge is 0.300 e. The van der Waals surface area contributed by atoms with Gasteiger partial charge in [-0.05, 0) is 44.2 Å². The Bertz CT molecular complexity index is 405. The molecule has 2 rings (SSSR count). The Kier molecular flexibility index (Phi) is 5.15. The molecule has 1 aliphatic rings. The van der Waals surface area contributed by atoms with E-state index in [-0.39, 0.29) is 0 Å². The average molecular weight is 258 g/mol. The zero-order chi connectivity index (χ0) is 13.7. The molecule has 1 aromatic heterocycles. The van der Waals surface area contributed by atoms with Gasteiger partial charge in [0.05, 0.1) is 0 Å². The zero-order valence-corrected chi connectivity index (χ0v) is 12.5. The van der Waals surface area contributed by atoms with E-state index in [1.54, 1.807) is 5.57 Å². The van der Waals surface area contributed by atoms with Crippen LogP contribution < -0.4 is 0 Å². The normalized spacial score (nSPS) is 16.9. The van der Waals surface area contributed by atoms with Crippen molar-refractivity contribution in [3.8, 4) is 0 Å². The fourth-order valence-corrected chi connectivity index (χ4v) is 2.93. The second-order valence-electron chi connectivity index (χ2n) is 5.54. The van der Waals surface area contributed by atoms with Gasteiger partial charge < -0.3 is 0 Å². The third-order valence-electron chi connectivity index (χ3n) is 4.20. The van der Waals surface area contributed by atoms with E-state index in [0.717, 1.165) is 11.7 Å². The van der Waals surface area contributed by atoms with Crippen molar-refractivity contribution in [3.63, 3.8) is 0 Å². The maximum Gasteiger partial charge on any atom is 0.0373 e. The number of aryl methyl sites for hydroxylation is 1. The van der Waals surface area contributed by atoms with Crippen molar-refractivity contribution in [1.29, 1.82) is 0 Å².